The number of amides is 1. The zero-order valence-electron chi connectivity index (χ0n) is 13.5. The van der Waals surface area contributed by atoms with Crippen molar-refractivity contribution < 1.29 is 9.18 Å². The van der Waals surface area contributed by atoms with Crippen molar-refractivity contribution in [3.05, 3.63) is 35.6 Å². The summed E-state index contributed by atoms with van der Waals surface area (Å²) in [6.45, 7) is 3.60. The molecule has 1 N–H and O–H groups in total. The number of carbonyl (C=O) groups is 1. The molecule has 3 rings (SSSR count). The second-order valence-corrected chi connectivity index (χ2v) is 6.74. The average molecular weight is 341 g/mol. The molecule has 0 radical (unpaired) electrons. The monoisotopic (exact) mass is 340 g/mol. The molecule has 23 heavy (non-hydrogen) atoms. The fourth-order valence-corrected chi connectivity index (χ4v) is 3.12. The van der Waals surface area contributed by atoms with Crippen molar-refractivity contribution in [2.24, 2.45) is 11.8 Å². The molecule has 3 nitrogen and oxygen atoms in total. The van der Waals surface area contributed by atoms with E-state index in [2.05, 4.69) is 5.32 Å². The Hall–Kier alpha value is -1.13. The highest BCUT2D eigenvalue weighted by Gasteiger charge is 2.27. The Kier molecular flexibility index (Phi) is 6.85. The van der Waals surface area contributed by atoms with E-state index in [9.17, 15) is 9.18 Å². The van der Waals surface area contributed by atoms with E-state index < -0.39 is 0 Å². The summed E-state index contributed by atoms with van der Waals surface area (Å²) in [6.07, 6.45) is 5.28. The van der Waals surface area contributed by atoms with E-state index in [1.54, 1.807) is 12.1 Å². The summed E-state index contributed by atoms with van der Waals surface area (Å²) in [5.74, 6) is 1.36. The molecule has 0 bridgehead atoms. The lowest BCUT2D eigenvalue weighted by Crippen LogP contribution is -2.32. The lowest BCUT2D eigenvalue weighted by molar-refractivity contribution is -0.132. The molecule has 0 spiro atoms. The second-order valence-electron chi connectivity index (χ2n) is 6.74. The van der Waals surface area contributed by atoms with E-state index in [0.29, 0.717) is 24.8 Å². The van der Waals surface area contributed by atoms with Gasteiger partial charge in [-0.25, -0.2) is 4.39 Å². The molecular weight excluding hydrogens is 315 g/mol. The second kappa shape index (κ2) is 8.65. The Balaban J connectivity index is 0.00000192. The van der Waals surface area contributed by atoms with Crippen molar-refractivity contribution in [3.8, 4) is 0 Å². The minimum Gasteiger partial charge on any atom is -0.338 e. The molecule has 1 aromatic rings. The fraction of sp³-hybridized carbons (Fsp3) is 0.611. The summed E-state index contributed by atoms with van der Waals surface area (Å²) < 4.78 is 13.0. The van der Waals surface area contributed by atoms with Gasteiger partial charge in [0.15, 0.2) is 0 Å². The van der Waals surface area contributed by atoms with Crippen LogP contribution in [-0.2, 0) is 11.3 Å². The average Bonchev–Trinajstić information content (AvgIpc) is 3.18. The number of nitrogens with one attached hydrogen (secondary N) is 1. The lowest BCUT2D eigenvalue weighted by atomic mass is 10.0. The van der Waals surface area contributed by atoms with E-state index in [1.165, 1.54) is 31.4 Å². The number of rotatable bonds is 7. The SMILES string of the molecule is Cl.O=C(CCC1CCNC1)N(Cc1ccc(F)cc1)CC1CC1. The number of benzene rings is 1. The number of carbonyl (C=O) groups excluding carboxylic acids is 1. The van der Waals surface area contributed by atoms with E-state index in [-0.39, 0.29) is 24.1 Å². The Bertz CT molecular complexity index is 498. The van der Waals surface area contributed by atoms with E-state index in [4.69, 9.17) is 0 Å². The lowest BCUT2D eigenvalue weighted by Gasteiger charge is -2.23. The van der Waals surface area contributed by atoms with Crippen LogP contribution in [0, 0.1) is 17.7 Å². The quantitative estimate of drug-likeness (QED) is 0.825. The van der Waals surface area contributed by atoms with Crippen LogP contribution in [0.3, 0.4) is 0 Å². The van der Waals surface area contributed by atoms with Crippen LogP contribution in [-0.4, -0.2) is 30.4 Å². The van der Waals surface area contributed by atoms with Gasteiger partial charge in [-0.1, -0.05) is 12.1 Å². The minimum atomic E-state index is -0.224. The van der Waals surface area contributed by atoms with E-state index in [1.807, 2.05) is 4.90 Å². The highest BCUT2D eigenvalue weighted by molar-refractivity contribution is 5.85. The van der Waals surface area contributed by atoms with Crippen molar-refractivity contribution in [1.29, 1.82) is 0 Å². The van der Waals surface area contributed by atoms with Crippen LogP contribution in [0.2, 0.25) is 0 Å². The molecule has 2 aliphatic rings. The summed E-state index contributed by atoms with van der Waals surface area (Å²) in [4.78, 5) is 14.5. The molecule has 1 aliphatic carbocycles. The van der Waals surface area contributed by atoms with Crippen LogP contribution in [0.1, 0.15) is 37.7 Å². The van der Waals surface area contributed by atoms with Crippen LogP contribution in [0.15, 0.2) is 24.3 Å². The largest absolute Gasteiger partial charge is 0.338 e. The topological polar surface area (TPSA) is 32.3 Å². The first-order chi connectivity index (χ1) is 10.7. The van der Waals surface area contributed by atoms with Gasteiger partial charge in [-0.15, -0.1) is 12.4 Å². The first kappa shape index (κ1) is 18.2. The Labute approximate surface area is 144 Å². The molecule has 1 unspecified atom stereocenters. The summed E-state index contributed by atoms with van der Waals surface area (Å²) in [7, 11) is 0. The number of hydrogen-bond donors (Lipinski definition) is 1. The van der Waals surface area contributed by atoms with Crippen LogP contribution in [0.4, 0.5) is 4.39 Å². The molecule has 1 amide bonds. The third kappa shape index (κ3) is 5.78. The van der Waals surface area contributed by atoms with Crippen molar-refractivity contribution >= 4 is 18.3 Å². The molecule has 1 saturated heterocycles. The predicted octanol–water partition coefficient (Wildman–Crippen LogP) is 3.38. The maximum atomic E-state index is 13.0. The van der Waals surface area contributed by atoms with Gasteiger partial charge in [0.05, 0.1) is 0 Å². The predicted molar refractivity (Wildman–Crippen MR) is 92.0 cm³/mol. The Morgan fingerprint density at radius 1 is 1.17 bits per heavy atom. The zero-order chi connectivity index (χ0) is 15.4. The highest BCUT2D eigenvalue weighted by atomic mass is 35.5. The Morgan fingerprint density at radius 3 is 2.52 bits per heavy atom. The molecule has 128 valence electrons. The normalized spacial score (nSPS) is 20.1. The van der Waals surface area contributed by atoms with Crippen LogP contribution in [0.25, 0.3) is 0 Å². The van der Waals surface area contributed by atoms with Crippen molar-refractivity contribution in [2.45, 2.75) is 38.6 Å². The van der Waals surface area contributed by atoms with Gasteiger partial charge in [-0.05, 0) is 68.3 Å². The van der Waals surface area contributed by atoms with Crippen LogP contribution in [0.5, 0.6) is 0 Å². The standard InChI is InChI=1S/C18H25FN2O.ClH/c19-17-6-3-16(4-7-17)13-21(12-15-1-2-15)18(22)8-5-14-9-10-20-11-14;/h3-4,6-7,14-15,20H,1-2,5,8-13H2;1H. The molecule has 1 atom stereocenters. The minimum absolute atomic E-state index is 0. The fourth-order valence-electron chi connectivity index (χ4n) is 3.12. The molecular formula is C18H26ClFN2O. The highest BCUT2D eigenvalue weighted by Crippen LogP contribution is 2.30. The molecule has 0 aromatic heterocycles. The molecule has 2 fully saturated rings. The maximum absolute atomic E-state index is 13.0. The number of nitrogens with zero attached hydrogens (tertiary/aromatic N) is 1. The van der Waals surface area contributed by atoms with Gasteiger partial charge in [-0.2, -0.15) is 0 Å². The zero-order valence-corrected chi connectivity index (χ0v) is 14.3. The van der Waals surface area contributed by atoms with Crippen LogP contribution >= 0.6 is 12.4 Å². The van der Waals surface area contributed by atoms with E-state index in [0.717, 1.165) is 31.6 Å². The van der Waals surface area contributed by atoms with Gasteiger partial charge in [-0.3, -0.25) is 4.79 Å². The molecule has 1 saturated carbocycles. The number of hydrogen-bond acceptors (Lipinski definition) is 2. The number of halogens is 2. The molecule has 1 aromatic carbocycles. The Morgan fingerprint density at radius 2 is 1.91 bits per heavy atom. The maximum Gasteiger partial charge on any atom is 0.222 e. The van der Waals surface area contributed by atoms with Crippen molar-refractivity contribution in [3.63, 3.8) is 0 Å². The summed E-state index contributed by atoms with van der Waals surface area (Å²) in [6, 6.07) is 6.51. The smallest absolute Gasteiger partial charge is 0.222 e. The third-order valence-corrected chi connectivity index (χ3v) is 4.74. The van der Waals surface area contributed by atoms with Gasteiger partial charge >= 0.3 is 0 Å². The summed E-state index contributed by atoms with van der Waals surface area (Å²) >= 11 is 0. The van der Waals surface area contributed by atoms with Crippen LogP contribution < -0.4 is 5.32 Å². The van der Waals surface area contributed by atoms with Crippen molar-refractivity contribution in [1.82, 2.24) is 10.2 Å². The molecule has 1 aliphatic heterocycles. The van der Waals surface area contributed by atoms with Gasteiger partial charge in [0.25, 0.3) is 0 Å². The summed E-state index contributed by atoms with van der Waals surface area (Å²) in [5.41, 5.74) is 1.01. The third-order valence-electron chi connectivity index (χ3n) is 4.74. The first-order valence-corrected chi connectivity index (χ1v) is 8.43. The van der Waals surface area contributed by atoms with Crippen molar-refractivity contribution in [2.75, 3.05) is 19.6 Å². The molecule has 1 heterocycles. The van der Waals surface area contributed by atoms with E-state index >= 15 is 0 Å². The van der Waals surface area contributed by atoms with Gasteiger partial charge in [0, 0.05) is 19.5 Å². The summed E-state index contributed by atoms with van der Waals surface area (Å²) in [5, 5.41) is 3.35. The first-order valence-electron chi connectivity index (χ1n) is 8.43. The van der Waals surface area contributed by atoms with Gasteiger partial charge in [0.2, 0.25) is 5.91 Å². The molecule has 5 heteroatoms. The van der Waals surface area contributed by atoms with Gasteiger partial charge < -0.3 is 10.2 Å². The van der Waals surface area contributed by atoms with Gasteiger partial charge in [0.1, 0.15) is 5.82 Å².